The van der Waals surface area contributed by atoms with E-state index in [0.717, 1.165) is 37.9 Å². The van der Waals surface area contributed by atoms with Crippen LogP contribution < -0.4 is 5.32 Å². The van der Waals surface area contributed by atoms with E-state index in [1.54, 1.807) is 12.5 Å². The molecular weight excluding hydrogens is 228 g/mol. The van der Waals surface area contributed by atoms with Crippen molar-refractivity contribution in [1.82, 2.24) is 10.2 Å². The SMILES string of the molecule is CCC1(C(=O)N(C)Cc2ccoc2)CCCNC1. The summed E-state index contributed by atoms with van der Waals surface area (Å²) in [4.78, 5) is 14.5. The molecule has 0 aromatic carbocycles. The first-order chi connectivity index (χ1) is 8.68. The lowest BCUT2D eigenvalue weighted by molar-refractivity contribution is -0.142. The Balaban J connectivity index is 2.04. The van der Waals surface area contributed by atoms with Gasteiger partial charge in [0.15, 0.2) is 0 Å². The summed E-state index contributed by atoms with van der Waals surface area (Å²) >= 11 is 0. The van der Waals surface area contributed by atoms with Crippen molar-refractivity contribution in [3.05, 3.63) is 24.2 Å². The molecule has 1 saturated heterocycles. The van der Waals surface area contributed by atoms with E-state index in [2.05, 4.69) is 12.2 Å². The summed E-state index contributed by atoms with van der Waals surface area (Å²) in [6.07, 6.45) is 6.31. The van der Waals surface area contributed by atoms with Crippen molar-refractivity contribution in [2.45, 2.75) is 32.7 Å². The van der Waals surface area contributed by atoms with Crippen molar-refractivity contribution in [2.24, 2.45) is 5.41 Å². The number of hydrogen-bond donors (Lipinski definition) is 1. The van der Waals surface area contributed by atoms with Gasteiger partial charge in [0.05, 0.1) is 17.9 Å². The Morgan fingerprint density at radius 3 is 3.00 bits per heavy atom. The zero-order valence-corrected chi connectivity index (χ0v) is 11.2. The predicted octanol–water partition coefficient (Wildman–Crippen LogP) is 2.02. The van der Waals surface area contributed by atoms with Crippen LogP contribution in [0.5, 0.6) is 0 Å². The number of carbonyl (C=O) groups is 1. The van der Waals surface area contributed by atoms with Gasteiger partial charge >= 0.3 is 0 Å². The molecule has 4 nitrogen and oxygen atoms in total. The summed E-state index contributed by atoms with van der Waals surface area (Å²) < 4.78 is 5.04. The van der Waals surface area contributed by atoms with Crippen LogP contribution in [0.4, 0.5) is 0 Å². The maximum atomic E-state index is 12.6. The van der Waals surface area contributed by atoms with E-state index in [4.69, 9.17) is 4.42 Å². The Hall–Kier alpha value is -1.29. The van der Waals surface area contributed by atoms with Gasteiger partial charge in [-0.15, -0.1) is 0 Å². The average Bonchev–Trinajstić information content (AvgIpc) is 2.91. The lowest BCUT2D eigenvalue weighted by atomic mass is 9.77. The van der Waals surface area contributed by atoms with Crippen molar-refractivity contribution in [2.75, 3.05) is 20.1 Å². The zero-order chi connectivity index (χ0) is 13.0. The van der Waals surface area contributed by atoms with Gasteiger partial charge in [0.1, 0.15) is 0 Å². The predicted molar refractivity (Wildman–Crippen MR) is 70.0 cm³/mol. The molecule has 0 bridgehead atoms. The first-order valence-electron chi connectivity index (χ1n) is 6.65. The fraction of sp³-hybridized carbons (Fsp3) is 0.643. The van der Waals surface area contributed by atoms with E-state index < -0.39 is 0 Å². The maximum absolute atomic E-state index is 12.6. The third-order valence-corrected chi connectivity index (χ3v) is 3.95. The second kappa shape index (κ2) is 5.57. The standard InChI is InChI=1S/C14H22N2O2/c1-3-14(6-4-7-15-11-14)13(17)16(2)9-12-5-8-18-10-12/h5,8,10,15H,3-4,6-7,9,11H2,1-2H3. The summed E-state index contributed by atoms with van der Waals surface area (Å²) in [5, 5.41) is 3.36. The number of nitrogens with one attached hydrogen (secondary N) is 1. The van der Waals surface area contributed by atoms with Crippen LogP contribution in [-0.2, 0) is 11.3 Å². The van der Waals surface area contributed by atoms with E-state index in [1.165, 1.54) is 0 Å². The molecule has 2 heterocycles. The highest BCUT2D eigenvalue weighted by Crippen LogP contribution is 2.32. The Morgan fingerprint density at radius 1 is 1.61 bits per heavy atom. The number of nitrogens with zero attached hydrogens (tertiary/aromatic N) is 1. The highest BCUT2D eigenvalue weighted by atomic mass is 16.3. The summed E-state index contributed by atoms with van der Waals surface area (Å²) in [5.74, 6) is 0.249. The number of hydrogen-bond acceptors (Lipinski definition) is 3. The minimum absolute atomic E-state index is 0.212. The van der Waals surface area contributed by atoms with Crippen molar-refractivity contribution >= 4 is 5.91 Å². The van der Waals surface area contributed by atoms with Gasteiger partial charge in [-0.25, -0.2) is 0 Å². The van der Waals surface area contributed by atoms with Crippen LogP contribution in [-0.4, -0.2) is 30.9 Å². The number of rotatable bonds is 4. The van der Waals surface area contributed by atoms with Crippen molar-refractivity contribution < 1.29 is 9.21 Å². The number of amides is 1. The van der Waals surface area contributed by atoms with Gasteiger partial charge in [0, 0.05) is 25.7 Å². The molecule has 0 radical (unpaired) electrons. The fourth-order valence-corrected chi connectivity index (χ4v) is 2.74. The molecule has 0 spiro atoms. The Morgan fingerprint density at radius 2 is 2.44 bits per heavy atom. The molecule has 1 amide bonds. The smallest absolute Gasteiger partial charge is 0.230 e. The zero-order valence-electron chi connectivity index (χ0n) is 11.2. The molecule has 4 heteroatoms. The normalized spacial score (nSPS) is 23.9. The minimum Gasteiger partial charge on any atom is -0.472 e. The lowest BCUT2D eigenvalue weighted by Gasteiger charge is -2.38. The van der Waals surface area contributed by atoms with E-state index in [1.807, 2.05) is 18.0 Å². The maximum Gasteiger partial charge on any atom is 0.230 e. The molecule has 1 aliphatic rings. The number of furan rings is 1. The third kappa shape index (κ3) is 2.58. The summed E-state index contributed by atoms with van der Waals surface area (Å²) in [5.41, 5.74) is 0.831. The molecule has 2 rings (SSSR count). The van der Waals surface area contributed by atoms with Crippen molar-refractivity contribution in [3.8, 4) is 0 Å². The Labute approximate surface area is 108 Å². The van der Waals surface area contributed by atoms with E-state index in [0.29, 0.717) is 6.54 Å². The lowest BCUT2D eigenvalue weighted by Crippen LogP contribution is -2.50. The molecular formula is C14H22N2O2. The molecule has 1 N–H and O–H groups in total. The van der Waals surface area contributed by atoms with Crippen LogP contribution >= 0.6 is 0 Å². The van der Waals surface area contributed by atoms with Crippen LogP contribution in [0.3, 0.4) is 0 Å². The topological polar surface area (TPSA) is 45.5 Å². The van der Waals surface area contributed by atoms with Gasteiger partial charge in [0.2, 0.25) is 5.91 Å². The molecule has 1 aliphatic heterocycles. The van der Waals surface area contributed by atoms with Crippen LogP contribution in [0.2, 0.25) is 0 Å². The fourth-order valence-electron chi connectivity index (χ4n) is 2.74. The second-order valence-corrected chi connectivity index (χ2v) is 5.21. The van der Waals surface area contributed by atoms with Crippen LogP contribution in [0.15, 0.2) is 23.0 Å². The molecule has 0 saturated carbocycles. The summed E-state index contributed by atoms with van der Waals surface area (Å²) in [7, 11) is 1.88. The monoisotopic (exact) mass is 250 g/mol. The molecule has 100 valence electrons. The molecule has 1 atom stereocenters. The quantitative estimate of drug-likeness (QED) is 0.889. The first kappa shape index (κ1) is 13.1. The van der Waals surface area contributed by atoms with E-state index in [-0.39, 0.29) is 11.3 Å². The first-order valence-corrected chi connectivity index (χ1v) is 6.65. The Bertz CT molecular complexity index is 381. The molecule has 1 aromatic heterocycles. The van der Waals surface area contributed by atoms with E-state index >= 15 is 0 Å². The largest absolute Gasteiger partial charge is 0.472 e. The van der Waals surface area contributed by atoms with Crippen molar-refractivity contribution in [1.29, 1.82) is 0 Å². The highest BCUT2D eigenvalue weighted by molar-refractivity contribution is 5.82. The van der Waals surface area contributed by atoms with Gasteiger partial charge in [-0.1, -0.05) is 6.92 Å². The molecule has 18 heavy (non-hydrogen) atoms. The average molecular weight is 250 g/mol. The molecule has 0 aliphatic carbocycles. The molecule has 1 fully saturated rings. The third-order valence-electron chi connectivity index (χ3n) is 3.95. The van der Waals surface area contributed by atoms with Gasteiger partial charge in [-0.05, 0) is 31.9 Å². The minimum atomic E-state index is -0.212. The van der Waals surface area contributed by atoms with Crippen molar-refractivity contribution in [3.63, 3.8) is 0 Å². The number of piperidine rings is 1. The molecule has 1 aromatic rings. The van der Waals surface area contributed by atoms with Gasteiger partial charge < -0.3 is 14.6 Å². The van der Waals surface area contributed by atoms with E-state index in [9.17, 15) is 4.79 Å². The van der Waals surface area contributed by atoms with Gasteiger partial charge in [-0.2, -0.15) is 0 Å². The van der Waals surface area contributed by atoms with Crippen LogP contribution in [0.1, 0.15) is 31.7 Å². The van der Waals surface area contributed by atoms with Gasteiger partial charge in [-0.3, -0.25) is 4.79 Å². The number of carbonyl (C=O) groups excluding carboxylic acids is 1. The summed E-state index contributed by atoms with van der Waals surface area (Å²) in [6.45, 7) is 4.56. The van der Waals surface area contributed by atoms with Crippen LogP contribution in [0, 0.1) is 5.41 Å². The second-order valence-electron chi connectivity index (χ2n) is 5.21. The highest BCUT2D eigenvalue weighted by Gasteiger charge is 2.39. The summed E-state index contributed by atoms with van der Waals surface area (Å²) in [6, 6.07) is 1.90. The van der Waals surface area contributed by atoms with Crippen LogP contribution in [0.25, 0.3) is 0 Å². The van der Waals surface area contributed by atoms with Gasteiger partial charge in [0.25, 0.3) is 0 Å². The Kier molecular flexibility index (Phi) is 4.07. The molecule has 1 unspecified atom stereocenters.